The first kappa shape index (κ1) is 21.2. The van der Waals surface area contributed by atoms with Crippen molar-refractivity contribution in [1.29, 1.82) is 0 Å². The van der Waals surface area contributed by atoms with E-state index in [-0.39, 0.29) is 24.1 Å². The van der Waals surface area contributed by atoms with E-state index in [1.807, 2.05) is 0 Å². The minimum Gasteiger partial charge on any atom is -0.474 e. The van der Waals surface area contributed by atoms with E-state index >= 15 is 0 Å². The molecule has 0 radical (unpaired) electrons. The van der Waals surface area contributed by atoms with Crippen molar-refractivity contribution in [3.05, 3.63) is 18.5 Å². The molecule has 0 amide bonds. The minimum atomic E-state index is -3.36. The molecule has 3 fully saturated rings. The minimum absolute atomic E-state index is 0.0504. The summed E-state index contributed by atoms with van der Waals surface area (Å²) in [6, 6.07) is 1.83. The normalized spacial score (nSPS) is 27.8. The third kappa shape index (κ3) is 4.20. The number of hydrogen-bond acceptors (Lipinski definition) is 10. The van der Waals surface area contributed by atoms with Crippen LogP contribution in [0.3, 0.4) is 0 Å². The summed E-state index contributed by atoms with van der Waals surface area (Å²) in [4.78, 5) is 19.6. The Morgan fingerprint density at radius 3 is 2.69 bits per heavy atom. The van der Waals surface area contributed by atoms with Gasteiger partial charge in [0.05, 0.1) is 24.9 Å². The topological polar surface area (TPSA) is 149 Å². The number of nitrogen functional groups attached to an aromatic ring is 1. The molecule has 2 saturated heterocycles. The molecule has 1 aliphatic carbocycles. The second kappa shape index (κ2) is 8.39. The van der Waals surface area contributed by atoms with Gasteiger partial charge in [-0.05, 0) is 6.92 Å². The summed E-state index contributed by atoms with van der Waals surface area (Å²) in [6.07, 6.45) is 4.36. The molecular formula is C19H26N8O4S. The molecule has 0 unspecified atom stereocenters. The van der Waals surface area contributed by atoms with Gasteiger partial charge in [-0.1, -0.05) is 0 Å². The molecule has 2 aromatic heterocycles. The zero-order valence-corrected chi connectivity index (χ0v) is 18.5. The van der Waals surface area contributed by atoms with Crippen LogP contribution in [0.15, 0.2) is 18.5 Å². The quantitative estimate of drug-likeness (QED) is 0.612. The van der Waals surface area contributed by atoms with Gasteiger partial charge in [0, 0.05) is 62.5 Å². The summed E-state index contributed by atoms with van der Waals surface area (Å²) < 4.78 is 39.8. The van der Waals surface area contributed by atoms with Crippen molar-refractivity contribution in [3.8, 4) is 17.1 Å². The number of ether oxygens (including phenoxy) is 2. The van der Waals surface area contributed by atoms with Gasteiger partial charge in [-0.2, -0.15) is 17.7 Å². The molecule has 32 heavy (non-hydrogen) atoms. The number of nitrogens with two attached hydrogens (primary N) is 1. The van der Waals surface area contributed by atoms with E-state index in [9.17, 15) is 8.42 Å². The van der Waals surface area contributed by atoms with Crippen LogP contribution in [0.25, 0.3) is 11.3 Å². The fourth-order valence-corrected chi connectivity index (χ4v) is 5.56. The maximum atomic E-state index is 12.1. The predicted molar refractivity (Wildman–Crippen MR) is 116 cm³/mol. The summed E-state index contributed by atoms with van der Waals surface area (Å²) in [5, 5.41) is 0. The van der Waals surface area contributed by atoms with Crippen LogP contribution < -0.4 is 20.1 Å². The standard InChI is InChI=1S/C19H26N8O4S/c1-12-11-30-5-4-26(12)19-24-16(13-9-21-18(20)22-10-13)8-17(25-19)31-15-6-14(7-15)27-3-2-23-32(27,28)29/h8-10,12,14-15,23H,2-7,11H2,1H3,(H2,20,21,22)/t12-,14-,15-/m0/s1. The Labute approximate surface area is 186 Å². The van der Waals surface area contributed by atoms with Crippen LogP contribution in [0.2, 0.25) is 0 Å². The van der Waals surface area contributed by atoms with Gasteiger partial charge in [-0.15, -0.1) is 0 Å². The Morgan fingerprint density at radius 1 is 1.22 bits per heavy atom. The number of hydrogen-bond donors (Lipinski definition) is 2. The molecule has 1 atom stereocenters. The van der Waals surface area contributed by atoms with E-state index in [4.69, 9.17) is 20.2 Å². The summed E-state index contributed by atoms with van der Waals surface area (Å²) in [6.45, 7) is 4.87. The maximum Gasteiger partial charge on any atom is 0.279 e. The lowest BCUT2D eigenvalue weighted by Gasteiger charge is -2.39. The van der Waals surface area contributed by atoms with Crippen molar-refractivity contribution < 1.29 is 17.9 Å². The van der Waals surface area contributed by atoms with Gasteiger partial charge in [-0.3, -0.25) is 0 Å². The molecule has 0 aromatic carbocycles. The number of morpholine rings is 1. The lowest BCUT2D eigenvalue weighted by atomic mass is 9.89. The molecule has 12 nitrogen and oxygen atoms in total. The van der Waals surface area contributed by atoms with Crippen LogP contribution >= 0.6 is 0 Å². The molecule has 0 bridgehead atoms. The fourth-order valence-electron chi connectivity index (χ4n) is 4.15. The van der Waals surface area contributed by atoms with Crippen LogP contribution in [0.4, 0.5) is 11.9 Å². The molecule has 2 aromatic rings. The molecular weight excluding hydrogens is 436 g/mol. The first-order valence-electron chi connectivity index (χ1n) is 10.6. The second-order valence-corrected chi connectivity index (χ2v) is 9.92. The Bertz CT molecular complexity index is 1080. The van der Waals surface area contributed by atoms with Crippen molar-refractivity contribution in [3.63, 3.8) is 0 Å². The SMILES string of the molecule is C[C@H]1COCCN1c1nc(O[C@H]2C[C@H](N3CCNS3(=O)=O)C2)cc(-c2cnc(N)nc2)n1. The van der Waals surface area contributed by atoms with Gasteiger partial charge in [0.25, 0.3) is 10.2 Å². The van der Waals surface area contributed by atoms with Crippen LogP contribution in [0, 0.1) is 0 Å². The van der Waals surface area contributed by atoms with Crippen LogP contribution in [0.1, 0.15) is 19.8 Å². The monoisotopic (exact) mass is 462 g/mol. The molecule has 13 heteroatoms. The molecule has 5 rings (SSSR count). The number of anilines is 2. The lowest BCUT2D eigenvalue weighted by molar-refractivity contribution is 0.0520. The molecule has 3 aliphatic rings. The Morgan fingerprint density at radius 2 is 2.00 bits per heavy atom. The first-order valence-corrected chi connectivity index (χ1v) is 12.1. The molecule has 4 heterocycles. The Hall–Kier alpha value is -2.61. The van der Waals surface area contributed by atoms with Crippen molar-refractivity contribution in [1.82, 2.24) is 29.0 Å². The Balaban J connectivity index is 1.37. The van der Waals surface area contributed by atoms with Crippen molar-refractivity contribution in [2.75, 3.05) is 43.5 Å². The highest BCUT2D eigenvalue weighted by Crippen LogP contribution is 2.33. The highest BCUT2D eigenvalue weighted by molar-refractivity contribution is 7.87. The van der Waals surface area contributed by atoms with Gasteiger partial charge < -0.3 is 20.1 Å². The third-order valence-electron chi connectivity index (χ3n) is 5.97. The molecule has 1 saturated carbocycles. The van der Waals surface area contributed by atoms with E-state index in [2.05, 4.69) is 31.5 Å². The first-order chi connectivity index (χ1) is 15.4. The lowest BCUT2D eigenvalue weighted by Crippen LogP contribution is -2.50. The molecule has 0 spiro atoms. The average Bonchev–Trinajstić information content (AvgIpc) is 3.09. The number of aromatic nitrogens is 4. The average molecular weight is 463 g/mol. The van der Waals surface area contributed by atoms with Crippen LogP contribution in [-0.4, -0.2) is 83.7 Å². The molecule has 3 N–H and O–H groups in total. The van der Waals surface area contributed by atoms with E-state index in [0.29, 0.717) is 68.8 Å². The van der Waals surface area contributed by atoms with E-state index in [1.165, 1.54) is 4.31 Å². The molecule has 172 valence electrons. The largest absolute Gasteiger partial charge is 0.474 e. The van der Waals surface area contributed by atoms with Gasteiger partial charge in [0.1, 0.15) is 6.10 Å². The smallest absolute Gasteiger partial charge is 0.279 e. The van der Waals surface area contributed by atoms with Gasteiger partial charge in [-0.25, -0.2) is 19.7 Å². The van der Waals surface area contributed by atoms with Crippen LogP contribution in [0.5, 0.6) is 5.88 Å². The maximum absolute atomic E-state index is 12.1. The summed E-state index contributed by atoms with van der Waals surface area (Å²) in [5.74, 6) is 1.17. The zero-order chi connectivity index (χ0) is 22.3. The van der Waals surface area contributed by atoms with Crippen molar-refractivity contribution in [2.24, 2.45) is 0 Å². The van der Waals surface area contributed by atoms with E-state index in [0.717, 1.165) is 0 Å². The third-order valence-corrected chi connectivity index (χ3v) is 7.64. The van der Waals surface area contributed by atoms with Crippen molar-refractivity contribution in [2.45, 2.75) is 38.0 Å². The Kier molecular flexibility index (Phi) is 5.57. The predicted octanol–water partition coefficient (Wildman–Crippen LogP) is -0.199. The summed E-state index contributed by atoms with van der Waals surface area (Å²) >= 11 is 0. The van der Waals surface area contributed by atoms with Gasteiger partial charge >= 0.3 is 0 Å². The van der Waals surface area contributed by atoms with Crippen LogP contribution in [-0.2, 0) is 14.9 Å². The molecule has 2 aliphatic heterocycles. The fraction of sp³-hybridized carbons (Fsp3) is 0.579. The van der Waals surface area contributed by atoms with Gasteiger partial charge in [0.15, 0.2) is 0 Å². The second-order valence-electron chi connectivity index (χ2n) is 8.21. The van der Waals surface area contributed by atoms with E-state index < -0.39 is 10.2 Å². The number of nitrogens with one attached hydrogen (secondary N) is 1. The van der Waals surface area contributed by atoms with E-state index in [1.54, 1.807) is 18.5 Å². The van der Waals surface area contributed by atoms with Gasteiger partial charge in [0.2, 0.25) is 17.8 Å². The zero-order valence-electron chi connectivity index (χ0n) is 17.7. The highest BCUT2D eigenvalue weighted by Gasteiger charge is 2.43. The summed E-state index contributed by atoms with van der Waals surface area (Å²) in [7, 11) is -3.36. The van der Waals surface area contributed by atoms with Crippen molar-refractivity contribution >= 4 is 22.1 Å². The summed E-state index contributed by atoms with van der Waals surface area (Å²) in [5.41, 5.74) is 6.96. The number of rotatable bonds is 5. The number of nitrogens with zero attached hydrogens (tertiary/aromatic N) is 6. The highest BCUT2D eigenvalue weighted by atomic mass is 32.2.